The van der Waals surface area contributed by atoms with E-state index in [1.807, 2.05) is 0 Å². The van der Waals surface area contributed by atoms with Crippen LogP contribution in [0.25, 0.3) is 0 Å². The van der Waals surface area contributed by atoms with Crippen molar-refractivity contribution in [3.05, 3.63) is 0 Å². The standard InChI is InChI=1S/C6H9NO3/c8-4-10-6-3-1-2-5(9)7-6/h4,6H,1-3H2,(H,7,9). The van der Waals surface area contributed by atoms with Gasteiger partial charge in [0.25, 0.3) is 6.47 Å². The zero-order valence-corrected chi connectivity index (χ0v) is 5.50. The lowest BCUT2D eigenvalue weighted by molar-refractivity contribution is -0.140. The molecule has 1 N–H and O–H groups in total. The maximum absolute atomic E-state index is 10.6. The molecule has 1 saturated heterocycles. The summed E-state index contributed by atoms with van der Waals surface area (Å²) in [6.07, 6.45) is 1.67. The van der Waals surface area contributed by atoms with Gasteiger partial charge in [-0.2, -0.15) is 0 Å². The first-order chi connectivity index (χ1) is 4.83. The van der Waals surface area contributed by atoms with Crippen LogP contribution in [0.1, 0.15) is 19.3 Å². The molecule has 56 valence electrons. The fraction of sp³-hybridized carbons (Fsp3) is 0.667. The molecule has 1 fully saturated rings. The summed E-state index contributed by atoms with van der Waals surface area (Å²) in [4.78, 5) is 20.4. The Hall–Kier alpha value is -1.06. The second-order valence-corrected chi connectivity index (χ2v) is 2.18. The highest BCUT2D eigenvalue weighted by Gasteiger charge is 2.17. The first kappa shape index (κ1) is 7.05. The van der Waals surface area contributed by atoms with E-state index >= 15 is 0 Å². The lowest BCUT2D eigenvalue weighted by atomic mass is 10.1. The van der Waals surface area contributed by atoms with Gasteiger partial charge in [-0.25, -0.2) is 0 Å². The van der Waals surface area contributed by atoms with E-state index < -0.39 is 6.23 Å². The molecule has 1 aliphatic rings. The van der Waals surface area contributed by atoms with E-state index in [0.717, 1.165) is 12.8 Å². The Kier molecular flexibility index (Phi) is 2.25. The van der Waals surface area contributed by atoms with Gasteiger partial charge in [-0.05, 0) is 6.42 Å². The molecule has 0 aromatic heterocycles. The maximum atomic E-state index is 10.6. The van der Waals surface area contributed by atoms with Crippen molar-refractivity contribution in [2.24, 2.45) is 0 Å². The number of ether oxygens (including phenoxy) is 1. The van der Waals surface area contributed by atoms with Gasteiger partial charge in [-0.1, -0.05) is 0 Å². The molecule has 0 radical (unpaired) electrons. The Labute approximate surface area is 58.5 Å². The summed E-state index contributed by atoms with van der Waals surface area (Å²) in [5.41, 5.74) is 0. The van der Waals surface area contributed by atoms with Crippen molar-refractivity contribution < 1.29 is 14.3 Å². The number of rotatable bonds is 2. The van der Waals surface area contributed by atoms with Crippen LogP contribution in [0.2, 0.25) is 0 Å². The number of nitrogens with one attached hydrogen (secondary N) is 1. The van der Waals surface area contributed by atoms with Crippen molar-refractivity contribution in [2.45, 2.75) is 25.5 Å². The fourth-order valence-electron chi connectivity index (χ4n) is 0.941. The quantitative estimate of drug-likeness (QED) is 0.544. The average Bonchev–Trinajstić information content (AvgIpc) is 1.88. The van der Waals surface area contributed by atoms with E-state index in [-0.39, 0.29) is 5.91 Å². The van der Waals surface area contributed by atoms with Crippen molar-refractivity contribution in [1.29, 1.82) is 0 Å². The highest BCUT2D eigenvalue weighted by molar-refractivity contribution is 5.76. The van der Waals surface area contributed by atoms with Crippen molar-refractivity contribution >= 4 is 12.4 Å². The molecule has 1 atom stereocenters. The molecule has 0 saturated carbocycles. The van der Waals surface area contributed by atoms with E-state index in [4.69, 9.17) is 0 Å². The van der Waals surface area contributed by atoms with E-state index in [1.165, 1.54) is 0 Å². The van der Waals surface area contributed by atoms with Crippen LogP contribution in [0.15, 0.2) is 0 Å². The van der Waals surface area contributed by atoms with Crippen LogP contribution in [0, 0.1) is 0 Å². The Morgan fingerprint density at radius 3 is 3.10 bits per heavy atom. The van der Waals surface area contributed by atoms with Crippen molar-refractivity contribution in [3.8, 4) is 0 Å². The topological polar surface area (TPSA) is 55.4 Å². The molecule has 1 aliphatic heterocycles. The smallest absolute Gasteiger partial charge is 0.295 e. The Morgan fingerprint density at radius 2 is 2.50 bits per heavy atom. The highest BCUT2D eigenvalue weighted by Crippen LogP contribution is 2.07. The molecule has 1 unspecified atom stereocenters. The third kappa shape index (κ3) is 1.72. The maximum Gasteiger partial charge on any atom is 0.295 e. The van der Waals surface area contributed by atoms with Crippen LogP contribution < -0.4 is 5.32 Å². The van der Waals surface area contributed by atoms with Gasteiger partial charge in [-0.15, -0.1) is 0 Å². The predicted molar refractivity (Wildman–Crippen MR) is 32.9 cm³/mol. The number of hydrogen-bond acceptors (Lipinski definition) is 3. The minimum Gasteiger partial charge on any atom is -0.444 e. The summed E-state index contributed by atoms with van der Waals surface area (Å²) in [6, 6.07) is 0. The summed E-state index contributed by atoms with van der Waals surface area (Å²) < 4.78 is 4.54. The van der Waals surface area contributed by atoms with Gasteiger partial charge in [0.05, 0.1) is 0 Å². The Bertz CT molecular complexity index is 146. The summed E-state index contributed by atoms with van der Waals surface area (Å²) in [7, 11) is 0. The van der Waals surface area contributed by atoms with Crippen LogP contribution in [0.3, 0.4) is 0 Å². The van der Waals surface area contributed by atoms with Crippen LogP contribution >= 0.6 is 0 Å². The van der Waals surface area contributed by atoms with E-state index in [2.05, 4.69) is 10.1 Å². The van der Waals surface area contributed by atoms with Gasteiger partial charge in [-0.3, -0.25) is 9.59 Å². The second kappa shape index (κ2) is 3.20. The predicted octanol–water partition coefficient (Wildman–Crippen LogP) is -0.214. The third-order valence-electron chi connectivity index (χ3n) is 1.41. The molecule has 4 nitrogen and oxygen atoms in total. The van der Waals surface area contributed by atoms with Crippen LogP contribution in [-0.4, -0.2) is 18.6 Å². The third-order valence-corrected chi connectivity index (χ3v) is 1.41. The first-order valence-electron chi connectivity index (χ1n) is 3.21. The minimum atomic E-state index is -0.390. The fourth-order valence-corrected chi connectivity index (χ4v) is 0.941. The number of hydrogen-bond donors (Lipinski definition) is 1. The minimum absolute atomic E-state index is 0.0434. The van der Waals surface area contributed by atoms with Gasteiger partial charge >= 0.3 is 0 Å². The normalized spacial score (nSPS) is 25.2. The lowest BCUT2D eigenvalue weighted by Crippen LogP contribution is -2.40. The van der Waals surface area contributed by atoms with E-state index in [1.54, 1.807) is 0 Å². The Morgan fingerprint density at radius 1 is 1.70 bits per heavy atom. The summed E-state index contributed by atoms with van der Waals surface area (Å²) in [5, 5.41) is 2.52. The summed E-state index contributed by atoms with van der Waals surface area (Å²) in [6.45, 7) is 0.357. The monoisotopic (exact) mass is 143 g/mol. The SMILES string of the molecule is O=COC1CCCC(=O)N1. The molecule has 0 aromatic carbocycles. The molecule has 1 amide bonds. The zero-order chi connectivity index (χ0) is 7.40. The largest absolute Gasteiger partial charge is 0.444 e. The number of carbonyl (C=O) groups is 2. The number of amides is 1. The van der Waals surface area contributed by atoms with Gasteiger partial charge in [0.15, 0.2) is 6.23 Å². The number of carbonyl (C=O) groups excluding carboxylic acids is 2. The van der Waals surface area contributed by atoms with Gasteiger partial charge in [0.1, 0.15) is 0 Å². The molecular formula is C6H9NO3. The van der Waals surface area contributed by atoms with E-state index in [0.29, 0.717) is 12.9 Å². The van der Waals surface area contributed by atoms with Crippen molar-refractivity contribution in [3.63, 3.8) is 0 Å². The van der Waals surface area contributed by atoms with E-state index in [9.17, 15) is 9.59 Å². The summed E-state index contributed by atoms with van der Waals surface area (Å²) in [5.74, 6) is -0.0434. The molecule has 10 heavy (non-hydrogen) atoms. The van der Waals surface area contributed by atoms with Crippen LogP contribution in [0.5, 0.6) is 0 Å². The van der Waals surface area contributed by atoms with Gasteiger partial charge in [0.2, 0.25) is 5.91 Å². The van der Waals surface area contributed by atoms with Crippen molar-refractivity contribution in [2.75, 3.05) is 0 Å². The number of piperidine rings is 1. The van der Waals surface area contributed by atoms with Crippen LogP contribution in [0.4, 0.5) is 0 Å². The average molecular weight is 143 g/mol. The lowest BCUT2D eigenvalue weighted by Gasteiger charge is -2.20. The molecule has 0 aromatic rings. The van der Waals surface area contributed by atoms with Gasteiger partial charge < -0.3 is 10.1 Å². The molecule has 0 spiro atoms. The second-order valence-electron chi connectivity index (χ2n) is 2.18. The molecule has 4 heteroatoms. The van der Waals surface area contributed by atoms with Gasteiger partial charge in [0, 0.05) is 12.8 Å². The molecule has 0 bridgehead atoms. The van der Waals surface area contributed by atoms with Crippen LogP contribution in [-0.2, 0) is 14.3 Å². The molecule has 1 heterocycles. The summed E-state index contributed by atoms with van der Waals surface area (Å²) >= 11 is 0. The zero-order valence-electron chi connectivity index (χ0n) is 5.50. The van der Waals surface area contributed by atoms with Crippen molar-refractivity contribution in [1.82, 2.24) is 5.32 Å². The Balaban J connectivity index is 2.31. The highest BCUT2D eigenvalue weighted by atomic mass is 16.5. The molecule has 0 aliphatic carbocycles. The first-order valence-corrected chi connectivity index (χ1v) is 3.21. The molecule has 1 rings (SSSR count). The molecular weight excluding hydrogens is 134 g/mol.